The predicted octanol–water partition coefficient (Wildman–Crippen LogP) is 2.02. The van der Waals surface area contributed by atoms with Gasteiger partial charge >= 0.3 is 30.9 Å². The van der Waals surface area contributed by atoms with Crippen molar-refractivity contribution in [3.05, 3.63) is 0 Å². The quantitative estimate of drug-likeness (QED) is 0.421. The van der Waals surface area contributed by atoms with E-state index in [9.17, 15) is 0 Å². The van der Waals surface area contributed by atoms with E-state index in [2.05, 4.69) is 9.94 Å². The molecule has 5 heavy (non-hydrogen) atoms. The van der Waals surface area contributed by atoms with Gasteiger partial charge in [0.1, 0.15) is 0 Å². The molecule has 0 heterocycles. The van der Waals surface area contributed by atoms with Crippen LogP contribution in [0.25, 0.3) is 0 Å². The van der Waals surface area contributed by atoms with Crippen LogP contribution in [-0.2, 0) is 0 Å². The Morgan fingerprint density at radius 3 is 1.00 bits per heavy atom. The molecule has 0 N–H and O–H groups in total. The maximum absolute atomic E-state index is 2.26. The molecule has 0 radical (unpaired) electrons. The van der Waals surface area contributed by atoms with E-state index in [0.717, 1.165) is 0 Å². The van der Waals surface area contributed by atoms with Crippen LogP contribution < -0.4 is 0 Å². The molecule has 0 nitrogen and oxygen atoms in total. The molecular weight excluding hydrogens is 405 g/mol. The Balaban J connectivity index is -0.0000000200. The van der Waals surface area contributed by atoms with Gasteiger partial charge in [0.15, 0.2) is 0 Å². The molecule has 0 saturated heterocycles. The monoisotopic (exact) mass is 416 g/mol. The van der Waals surface area contributed by atoms with E-state index in [1.807, 2.05) is 0 Å². The van der Waals surface area contributed by atoms with Crippen molar-refractivity contribution in [1.82, 2.24) is 0 Å². The molecule has 36 valence electrons. The number of halogens is 2. The Morgan fingerprint density at radius 1 is 1.00 bits per heavy atom. The minimum Gasteiger partial charge on any atom is -0.107 e. The summed E-state index contributed by atoms with van der Waals surface area (Å²) in [5, 5.41) is 0. The summed E-state index contributed by atoms with van der Waals surface area (Å²) in [6.07, 6.45) is 0. The summed E-state index contributed by atoms with van der Waals surface area (Å²) in [5.74, 6) is 0. The summed E-state index contributed by atoms with van der Waals surface area (Å²) in [5.41, 5.74) is 0. The normalized spacial score (nSPS) is 3.60. The molecule has 3 heteroatoms. The first-order valence-electron chi connectivity index (χ1n) is 0.816. The standard InChI is InChI=1S/C2H6Te.2HI/c1-3-2;;/h1-2H3;2*1H. The van der Waals surface area contributed by atoms with Gasteiger partial charge in [-0.05, 0) is 0 Å². The summed E-state index contributed by atoms with van der Waals surface area (Å²) >= 11 is 0.470. The SMILES string of the molecule is C[Te]C.I.I. The van der Waals surface area contributed by atoms with Crippen molar-refractivity contribution >= 4 is 68.9 Å². The topological polar surface area (TPSA) is 0 Å². The predicted molar refractivity (Wildman–Crippen MR) is 48.3 cm³/mol. The number of rotatable bonds is 0. The Morgan fingerprint density at radius 2 is 1.00 bits per heavy atom. The molecule has 0 aliphatic rings. The van der Waals surface area contributed by atoms with Crippen LogP contribution >= 0.6 is 48.0 Å². The van der Waals surface area contributed by atoms with Crippen LogP contribution in [0.4, 0.5) is 0 Å². The zero-order valence-electron chi connectivity index (χ0n) is 3.22. The second kappa shape index (κ2) is 16.3. The third-order valence-electron chi connectivity index (χ3n) is 0. The second-order valence-corrected chi connectivity index (χ2v) is 2.74. The molecule has 0 spiro atoms. The van der Waals surface area contributed by atoms with Gasteiger partial charge in [-0.3, -0.25) is 0 Å². The van der Waals surface area contributed by atoms with Crippen molar-refractivity contribution in [3.8, 4) is 0 Å². The van der Waals surface area contributed by atoms with Crippen LogP contribution in [0, 0.1) is 0 Å². The van der Waals surface area contributed by atoms with Crippen molar-refractivity contribution in [2.45, 2.75) is 9.94 Å². The smallest absolute Gasteiger partial charge is 0.107 e. The minimum absolute atomic E-state index is 0. The Labute approximate surface area is 77.6 Å². The Kier molecular flexibility index (Phi) is 51.1. The first-order valence-corrected chi connectivity index (χ1v) is 5.48. The van der Waals surface area contributed by atoms with Gasteiger partial charge in [-0.1, -0.05) is 0 Å². The van der Waals surface area contributed by atoms with E-state index in [-0.39, 0.29) is 48.0 Å². The van der Waals surface area contributed by atoms with Crippen molar-refractivity contribution in [3.63, 3.8) is 0 Å². The summed E-state index contributed by atoms with van der Waals surface area (Å²) in [6, 6.07) is 0. The maximum atomic E-state index is 2.26. The van der Waals surface area contributed by atoms with Gasteiger partial charge < -0.3 is 0 Å². The van der Waals surface area contributed by atoms with Crippen LogP contribution in [0.15, 0.2) is 0 Å². The fourth-order valence-corrected chi connectivity index (χ4v) is 0. The molecule has 0 atom stereocenters. The molecule has 0 aromatic rings. The molecule has 0 rings (SSSR count). The zero-order chi connectivity index (χ0) is 2.71. The Bertz CT molecular complexity index is 7.61. The van der Waals surface area contributed by atoms with Gasteiger partial charge in [0.2, 0.25) is 0 Å². The summed E-state index contributed by atoms with van der Waals surface area (Å²) in [7, 11) is 0. The van der Waals surface area contributed by atoms with Gasteiger partial charge in [0, 0.05) is 0 Å². The Hall–Kier alpha value is 2.25. The minimum atomic E-state index is 0. The van der Waals surface area contributed by atoms with Crippen LogP contribution in [0.5, 0.6) is 0 Å². The number of hydrogen-bond acceptors (Lipinski definition) is 0. The van der Waals surface area contributed by atoms with E-state index in [1.54, 1.807) is 0 Å². The fraction of sp³-hybridized carbons (Fsp3) is 1.00. The summed E-state index contributed by atoms with van der Waals surface area (Å²) < 4.78 is 0. The average molecular weight is 413 g/mol. The molecule has 0 saturated carbocycles. The summed E-state index contributed by atoms with van der Waals surface area (Å²) in [6.45, 7) is 0. The van der Waals surface area contributed by atoms with Gasteiger partial charge in [0.05, 0.1) is 0 Å². The molecule has 0 aliphatic carbocycles. The van der Waals surface area contributed by atoms with Crippen LogP contribution in [-0.4, -0.2) is 20.9 Å². The number of hydrogen-bond donors (Lipinski definition) is 0. The van der Waals surface area contributed by atoms with E-state index in [1.165, 1.54) is 0 Å². The average Bonchev–Trinajstić information content (AvgIpc) is 0.918. The van der Waals surface area contributed by atoms with Crippen molar-refractivity contribution in [2.75, 3.05) is 0 Å². The molecule has 0 aromatic heterocycles. The van der Waals surface area contributed by atoms with Crippen molar-refractivity contribution in [2.24, 2.45) is 0 Å². The first-order chi connectivity index (χ1) is 1.41. The fourth-order valence-electron chi connectivity index (χ4n) is 0. The van der Waals surface area contributed by atoms with Gasteiger partial charge in [-0.2, -0.15) is 0 Å². The van der Waals surface area contributed by atoms with Gasteiger partial charge in [-0.15, -0.1) is 48.0 Å². The van der Waals surface area contributed by atoms with E-state index in [0.29, 0.717) is 20.9 Å². The molecule has 0 bridgehead atoms. The molecule has 0 unspecified atom stereocenters. The summed E-state index contributed by atoms with van der Waals surface area (Å²) in [4.78, 5) is 4.51. The van der Waals surface area contributed by atoms with E-state index < -0.39 is 0 Å². The molecule has 0 fully saturated rings. The molecule has 0 aliphatic heterocycles. The van der Waals surface area contributed by atoms with Crippen molar-refractivity contribution < 1.29 is 0 Å². The van der Waals surface area contributed by atoms with E-state index >= 15 is 0 Å². The second-order valence-electron chi connectivity index (χ2n) is 0.408. The first kappa shape index (κ1) is 15.7. The van der Waals surface area contributed by atoms with Gasteiger partial charge in [0.25, 0.3) is 0 Å². The largest absolute Gasteiger partial charge is 0.107 e. The molecular formula is C2H8I2Te. The molecule has 0 amide bonds. The maximum Gasteiger partial charge on any atom is -0.107 e. The van der Waals surface area contributed by atoms with Gasteiger partial charge in [-0.25, -0.2) is 0 Å². The third-order valence-corrected chi connectivity index (χ3v) is 0. The van der Waals surface area contributed by atoms with Crippen LogP contribution in [0.3, 0.4) is 0 Å². The van der Waals surface area contributed by atoms with Crippen LogP contribution in [0.1, 0.15) is 0 Å². The third kappa shape index (κ3) is 22.3. The van der Waals surface area contributed by atoms with Crippen molar-refractivity contribution in [1.29, 1.82) is 0 Å². The zero-order valence-corrected chi connectivity index (χ0v) is 10.2. The van der Waals surface area contributed by atoms with E-state index in [4.69, 9.17) is 0 Å². The van der Waals surface area contributed by atoms with Crippen LogP contribution in [0.2, 0.25) is 9.94 Å². The molecule has 0 aromatic carbocycles.